The molecule has 1 unspecified atom stereocenters. The molecule has 0 aliphatic heterocycles. The molecule has 0 aliphatic carbocycles. The van der Waals surface area contributed by atoms with E-state index in [4.69, 9.17) is 11.6 Å². The third kappa shape index (κ3) is 2.56. The molecule has 0 fully saturated rings. The molecule has 1 aromatic heterocycles. The van der Waals surface area contributed by atoms with Crippen molar-refractivity contribution in [2.45, 2.75) is 19.4 Å². The molecule has 2 aromatic rings. The zero-order chi connectivity index (χ0) is 12.3. The molecule has 0 saturated carbocycles. The van der Waals surface area contributed by atoms with E-state index in [1.165, 1.54) is 0 Å². The second kappa shape index (κ2) is 5.15. The van der Waals surface area contributed by atoms with Crippen LogP contribution in [-0.4, -0.2) is 15.6 Å². The van der Waals surface area contributed by atoms with E-state index >= 15 is 0 Å². The molecule has 1 atom stereocenters. The minimum Gasteiger partial charge on any atom is -0.292 e. The van der Waals surface area contributed by atoms with Crippen LogP contribution in [0.25, 0.3) is 0 Å². The van der Waals surface area contributed by atoms with Gasteiger partial charge in [0, 0.05) is 11.8 Å². The Balaban J connectivity index is 2.28. The summed E-state index contributed by atoms with van der Waals surface area (Å²) < 4.78 is 1.62. The Morgan fingerprint density at radius 1 is 1.41 bits per heavy atom. The third-order valence-electron chi connectivity index (χ3n) is 2.64. The van der Waals surface area contributed by atoms with Gasteiger partial charge in [-0.25, -0.2) is 0 Å². The number of hydrogen-bond acceptors (Lipinski definition) is 2. The van der Waals surface area contributed by atoms with Crippen LogP contribution >= 0.6 is 11.6 Å². The largest absolute Gasteiger partial charge is 0.292 e. The maximum Gasteiger partial charge on any atom is 0.187 e. The molecule has 3 nitrogen and oxygen atoms in total. The molecule has 0 saturated heterocycles. The smallest absolute Gasteiger partial charge is 0.187 e. The van der Waals surface area contributed by atoms with Gasteiger partial charge in [-0.2, -0.15) is 5.10 Å². The third-order valence-corrected chi connectivity index (χ3v) is 2.83. The number of rotatable bonds is 4. The highest BCUT2D eigenvalue weighted by molar-refractivity contribution is 6.30. The number of carbonyl (C=O) groups excluding carboxylic acids is 1. The van der Waals surface area contributed by atoms with E-state index in [0.717, 1.165) is 0 Å². The standard InChI is InChI=1S/C13H13ClN2O/c1-2-12(16-9-11(14)8-15-16)13(17)10-6-4-3-5-7-10/h3-9,12H,2H2,1H3. The highest BCUT2D eigenvalue weighted by atomic mass is 35.5. The second-order valence-corrected chi connectivity index (χ2v) is 4.23. The van der Waals surface area contributed by atoms with Gasteiger partial charge in [-0.3, -0.25) is 9.48 Å². The van der Waals surface area contributed by atoms with Gasteiger partial charge in [-0.05, 0) is 6.42 Å². The van der Waals surface area contributed by atoms with Crippen LogP contribution in [0.3, 0.4) is 0 Å². The summed E-state index contributed by atoms with van der Waals surface area (Å²) in [7, 11) is 0. The Kier molecular flexibility index (Phi) is 3.59. The fourth-order valence-electron chi connectivity index (χ4n) is 1.77. The molecule has 0 aliphatic rings. The summed E-state index contributed by atoms with van der Waals surface area (Å²) in [5, 5.41) is 4.64. The molecule has 88 valence electrons. The molecule has 0 spiro atoms. The van der Waals surface area contributed by atoms with Gasteiger partial charge >= 0.3 is 0 Å². The average molecular weight is 249 g/mol. The van der Waals surface area contributed by atoms with E-state index in [-0.39, 0.29) is 11.8 Å². The summed E-state index contributed by atoms with van der Waals surface area (Å²) in [6, 6.07) is 8.95. The number of nitrogens with zero attached hydrogens (tertiary/aromatic N) is 2. The normalized spacial score (nSPS) is 12.4. The predicted octanol–water partition coefficient (Wildman–Crippen LogP) is 3.37. The molecular formula is C13H13ClN2O. The monoisotopic (exact) mass is 248 g/mol. The molecular weight excluding hydrogens is 236 g/mol. The molecule has 0 N–H and O–H groups in total. The van der Waals surface area contributed by atoms with Crippen LogP contribution in [0.1, 0.15) is 29.7 Å². The van der Waals surface area contributed by atoms with Crippen LogP contribution in [0.4, 0.5) is 0 Å². The van der Waals surface area contributed by atoms with Gasteiger partial charge in [0.15, 0.2) is 5.78 Å². The van der Waals surface area contributed by atoms with Gasteiger partial charge in [0.25, 0.3) is 0 Å². The number of ketones is 1. The van der Waals surface area contributed by atoms with Crippen molar-refractivity contribution in [3.8, 4) is 0 Å². The highest BCUT2D eigenvalue weighted by Gasteiger charge is 2.20. The summed E-state index contributed by atoms with van der Waals surface area (Å²) >= 11 is 5.82. The SMILES string of the molecule is CCC(C(=O)c1ccccc1)n1cc(Cl)cn1. The number of benzene rings is 1. The van der Waals surface area contributed by atoms with E-state index in [2.05, 4.69) is 5.10 Å². The zero-order valence-electron chi connectivity index (χ0n) is 9.51. The predicted molar refractivity (Wildman–Crippen MR) is 67.3 cm³/mol. The fraction of sp³-hybridized carbons (Fsp3) is 0.231. The van der Waals surface area contributed by atoms with Crippen LogP contribution < -0.4 is 0 Å². The Hall–Kier alpha value is -1.61. The number of halogens is 1. The number of Topliss-reactive ketones (excluding diaryl/α,β-unsaturated/α-hetero) is 1. The van der Waals surface area contributed by atoms with Crippen molar-refractivity contribution in [3.05, 3.63) is 53.3 Å². The molecule has 0 radical (unpaired) electrons. The summed E-state index contributed by atoms with van der Waals surface area (Å²) in [6.45, 7) is 1.96. The van der Waals surface area contributed by atoms with E-state index in [1.807, 2.05) is 37.3 Å². The quantitative estimate of drug-likeness (QED) is 0.778. The van der Waals surface area contributed by atoms with Gasteiger partial charge in [0.1, 0.15) is 6.04 Å². The first-order valence-electron chi connectivity index (χ1n) is 5.51. The molecule has 0 amide bonds. The minimum absolute atomic E-state index is 0.0628. The van der Waals surface area contributed by atoms with Crippen LogP contribution in [0, 0.1) is 0 Å². The maximum absolute atomic E-state index is 12.3. The highest BCUT2D eigenvalue weighted by Crippen LogP contribution is 2.19. The van der Waals surface area contributed by atoms with Crippen molar-refractivity contribution in [1.82, 2.24) is 9.78 Å². The number of aromatic nitrogens is 2. The van der Waals surface area contributed by atoms with Crippen LogP contribution in [0.2, 0.25) is 5.02 Å². The van der Waals surface area contributed by atoms with E-state index in [0.29, 0.717) is 17.0 Å². The van der Waals surface area contributed by atoms with Gasteiger partial charge in [-0.15, -0.1) is 0 Å². The van der Waals surface area contributed by atoms with Crippen molar-refractivity contribution in [1.29, 1.82) is 0 Å². The van der Waals surface area contributed by atoms with E-state index < -0.39 is 0 Å². The molecule has 1 heterocycles. The first kappa shape index (κ1) is 11.9. The molecule has 1 aromatic carbocycles. The van der Waals surface area contributed by atoms with Crippen LogP contribution in [0.5, 0.6) is 0 Å². The van der Waals surface area contributed by atoms with Crippen molar-refractivity contribution in [2.24, 2.45) is 0 Å². The first-order valence-corrected chi connectivity index (χ1v) is 5.89. The van der Waals surface area contributed by atoms with Gasteiger partial charge in [0.05, 0.1) is 11.2 Å². The molecule has 2 rings (SSSR count). The van der Waals surface area contributed by atoms with Crippen molar-refractivity contribution in [2.75, 3.05) is 0 Å². The second-order valence-electron chi connectivity index (χ2n) is 3.79. The summed E-state index contributed by atoms with van der Waals surface area (Å²) in [4.78, 5) is 12.3. The van der Waals surface area contributed by atoms with Gasteiger partial charge < -0.3 is 0 Å². The minimum atomic E-state index is -0.287. The molecule has 17 heavy (non-hydrogen) atoms. The van der Waals surface area contributed by atoms with Crippen molar-refractivity contribution < 1.29 is 4.79 Å². The Morgan fingerprint density at radius 2 is 2.12 bits per heavy atom. The Bertz CT molecular complexity index is 507. The zero-order valence-corrected chi connectivity index (χ0v) is 10.3. The summed E-state index contributed by atoms with van der Waals surface area (Å²) in [5.74, 6) is 0.0628. The van der Waals surface area contributed by atoms with E-state index in [1.54, 1.807) is 17.1 Å². The summed E-state index contributed by atoms with van der Waals surface area (Å²) in [6.07, 6.45) is 3.91. The van der Waals surface area contributed by atoms with Crippen LogP contribution in [-0.2, 0) is 0 Å². The lowest BCUT2D eigenvalue weighted by Crippen LogP contribution is -2.19. The van der Waals surface area contributed by atoms with Crippen molar-refractivity contribution >= 4 is 17.4 Å². The summed E-state index contributed by atoms with van der Waals surface area (Å²) in [5.41, 5.74) is 0.700. The first-order chi connectivity index (χ1) is 8.22. The average Bonchev–Trinajstić information content (AvgIpc) is 2.78. The lowest BCUT2D eigenvalue weighted by molar-refractivity contribution is 0.0914. The Labute approximate surface area is 105 Å². The number of hydrogen-bond donors (Lipinski definition) is 0. The fourth-order valence-corrected chi connectivity index (χ4v) is 1.92. The topological polar surface area (TPSA) is 34.9 Å². The van der Waals surface area contributed by atoms with Crippen LogP contribution in [0.15, 0.2) is 42.7 Å². The molecule has 4 heteroatoms. The lowest BCUT2D eigenvalue weighted by atomic mass is 10.0. The van der Waals surface area contributed by atoms with E-state index in [9.17, 15) is 4.79 Å². The number of carbonyl (C=O) groups is 1. The van der Waals surface area contributed by atoms with Gasteiger partial charge in [-0.1, -0.05) is 48.9 Å². The molecule has 0 bridgehead atoms. The Morgan fingerprint density at radius 3 is 2.65 bits per heavy atom. The maximum atomic E-state index is 12.3. The van der Waals surface area contributed by atoms with Gasteiger partial charge in [0.2, 0.25) is 0 Å². The van der Waals surface area contributed by atoms with Crippen molar-refractivity contribution in [3.63, 3.8) is 0 Å². The lowest BCUT2D eigenvalue weighted by Gasteiger charge is -2.14.